The number of aldehydes is 1. The van der Waals surface area contributed by atoms with Crippen LogP contribution in [0.2, 0.25) is 0 Å². The molecule has 0 radical (unpaired) electrons. The molecule has 5 nitrogen and oxygen atoms in total. The number of alkyl halides is 1. The summed E-state index contributed by atoms with van der Waals surface area (Å²) in [5.74, 6) is 0. The van der Waals surface area contributed by atoms with Gasteiger partial charge >= 0.3 is 6.09 Å². The first-order chi connectivity index (χ1) is 6.13. The summed E-state index contributed by atoms with van der Waals surface area (Å²) in [6.45, 7) is 0. The van der Waals surface area contributed by atoms with Crippen molar-refractivity contribution in [1.29, 1.82) is 0 Å². The molecule has 0 aliphatic rings. The number of anilines is 1. The maximum Gasteiger partial charge on any atom is 0.410 e. The van der Waals surface area contributed by atoms with E-state index < -0.39 is 10.9 Å². The average Bonchev–Trinajstić information content (AvgIpc) is 2.50. The highest BCUT2D eigenvalue weighted by atomic mass is 79.9. The summed E-state index contributed by atoms with van der Waals surface area (Å²) >= 11 is 4.20. The van der Waals surface area contributed by atoms with Crippen molar-refractivity contribution in [3.05, 3.63) is 11.1 Å². The number of hydrogen-bond donors (Lipinski definition) is 2. The fraction of sp³-hybridized carbons (Fsp3) is 0.167. The second-order valence-electron chi connectivity index (χ2n) is 2.04. The summed E-state index contributed by atoms with van der Waals surface area (Å²) in [4.78, 5) is 24.5. The van der Waals surface area contributed by atoms with E-state index in [2.05, 4.69) is 26.2 Å². The predicted octanol–water partition coefficient (Wildman–Crippen LogP) is 1.87. The van der Waals surface area contributed by atoms with Crippen LogP contribution < -0.4 is 5.32 Å². The van der Waals surface area contributed by atoms with Crippen molar-refractivity contribution in [3.63, 3.8) is 0 Å². The van der Waals surface area contributed by atoms with Crippen molar-refractivity contribution < 1.29 is 14.7 Å². The minimum absolute atomic E-state index is 0.258. The SMILES string of the molecule is O=CC(Br)c1cnc(NC(=O)O)s1. The highest BCUT2D eigenvalue weighted by Gasteiger charge is 2.11. The van der Waals surface area contributed by atoms with Crippen LogP contribution >= 0.6 is 27.3 Å². The standard InChI is InChI=1S/C6H5BrN2O3S/c7-3(2-10)4-1-8-5(13-4)9-6(11)12/h1-3H,(H,8,9)(H,11,12). The van der Waals surface area contributed by atoms with E-state index in [1.54, 1.807) is 0 Å². The summed E-state index contributed by atoms with van der Waals surface area (Å²) in [6, 6.07) is 0. The van der Waals surface area contributed by atoms with Gasteiger partial charge in [0.1, 0.15) is 11.1 Å². The van der Waals surface area contributed by atoms with Crippen molar-refractivity contribution in [2.45, 2.75) is 4.83 Å². The predicted molar refractivity (Wildman–Crippen MR) is 51.5 cm³/mol. The van der Waals surface area contributed by atoms with Gasteiger partial charge in [0.25, 0.3) is 0 Å². The van der Waals surface area contributed by atoms with Crippen LogP contribution in [0.3, 0.4) is 0 Å². The normalized spacial score (nSPS) is 12.1. The molecule has 0 spiro atoms. The number of carboxylic acid groups (broad SMARTS) is 1. The van der Waals surface area contributed by atoms with Gasteiger partial charge in [-0.15, -0.1) is 0 Å². The average molecular weight is 265 g/mol. The Hall–Kier alpha value is -0.950. The van der Waals surface area contributed by atoms with Crippen LogP contribution in [0.5, 0.6) is 0 Å². The summed E-state index contributed by atoms with van der Waals surface area (Å²) in [5.41, 5.74) is 0. The molecule has 1 atom stereocenters. The summed E-state index contributed by atoms with van der Waals surface area (Å²) in [6.07, 6.45) is 0.986. The third-order valence-corrected chi connectivity index (χ3v) is 3.14. The molecule has 1 unspecified atom stereocenters. The number of amides is 1. The Bertz CT molecular complexity index is 327. The van der Waals surface area contributed by atoms with Gasteiger partial charge in [0.05, 0.1) is 0 Å². The summed E-state index contributed by atoms with van der Waals surface area (Å²) in [5, 5.41) is 10.7. The molecule has 1 rings (SSSR count). The first-order valence-corrected chi connectivity index (χ1v) is 4.91. The maximum absolute atomic E-state index is 10.3. The lowest BCUT2D eigenvalue weighted by Gasteiger charge is -1.93. The van der Waals surface area contributed by atoms with Crippen LogP contribution in [-0.4, -0.2) is 22.5 Å². The molecule has 0 aliphatic heterocycles. The zero-order valence-corrected chi connectivity index (χ0v) is 8.63. The van der Waals surface area contributed by atoms with Gasteiger partial charge in [-0.3, -0.25) is 5.32 Å². The van der Waals surface area contributed by atoms with Gasteiger partial charge in [-0.25, -0.2) is 9.78 Å². The van der Waals surface area contributed by atoms with E-state index in [0.29, 0.717) is 11.2 Å². The van der Waals surface area contributed by atoms with Gasteiger partial charge in [0.15, 0.2) is 5.13 Å². The first kappa shape index (κ1) is 10.1. The lowest BCUT2D eigenvalue weighted by atomic mass is 10.4. The monoisotopic (exact) mass is 264 g/mol. The molecule has 1 aromatic rings. The molecule has 0 aromatic carbocycles. The van der Waals surface area contributed by atoms with Gasteiger partial charge in [0, 0.05) is 11.1 Å². The zero-order chi connectivity index (χ0) is 9.84. The Morgan fingerprint density at radius 3 is 3.08 bits per heavy atom. The third-order valence-electron chi connectivity index (χ3n) is 1.13. The largest absolute Gasteiger partial charge is 0.465 e. The Labute approximate surface area is 85.9 Å². The fourth-order valence-corrected chi connectivity index (χ4v) is 1.77. The van der Waals surface area contributed by atoms with Crippen LogP contribution in [0, 0.1) is 0 Å². The number of hydrogen-bond acceptors (Lipinski definition) is 4. The molecule has 1 aromatic heterocycles. The Balaban J connectivity index is 2.74. The number of nitrogens with one attached hydrogen (secondary N) is 1. The van der Waals surface area contributed by atoms with Gasteiger partial charge in [-0.1, -0.05) is 27.3 Å². The topological polar surface area (TPSA) is 79.3 Å². The molecule has 0 aliphatic carbocycles. The van der Waals surface area contributed by atoms with Crippen molar-refractivity contribution in [2.24, 2.45) is 0 Å². The number of rotatable bonds is 3. The number of halogens is 1. The van der Waals surface area contributed by atoms with E-state index >= 15 is 0 Å². The van der Waals surface area contributed by atoms with Gasteiger partial charge in [-0.2, -0.15) is 0 Å². The smallest absolute Gasteiger partial charge is 0.410 e. The summed E-state index contributed by atoms with van der Waals surface area (Å²) in [7, 11) is 0. The van der Waals surface area contributed by atoms with Gasteiger partial charge in [0.2, 0.25) is 0 Å². The molecular formula is C6H5BrN2O3S. The zero-order valence-electron chi connectivity index (χ0n) is 6.23. The van der Waals surface area contributed by atoms with Crippen LogP contribution in [-0.2, 0) is 4.79 Å². The van der Waals surface area contributed by atoms with E-state index in [4.69, 9.17) is 5.11 Å². The molecule has 1 amide bonds. The van der Waals surface area contributed by atoms with Gasteiger partial charge < -0.3 is 9.90 Å². The molecule has 0 saturated heterocycles. The quantitative estimate of drug-likeness (QED) is 0.645. The van der Waals surface area contributed by atoms with Crippen LogP contribution in [0.1, 0.15) is 9.70 Å². The van der Waals surface area contributed by atoms with Crippen LogP contribution in [0.15, 0.2) is 6.20 Å². The molecule has 2 N–H and O–H groups in total. The van der Waals surface area contributed by atoms with E-state index in [1.165, 1.54) is 6.20 Å². The minimum Gasteiger partial charge on any atom is -0.465 e. The van der Waals surface area contributed by atoms with E-state index in [-0.39, 0.29) is 5.13 Å². The third kappa shape index (κ3) is 2.78. The van der Waals surface area contributed by atoms with E-state index in [9.17, 15) is 9.59 Å². The minimum atomic E-state index is -1.17. The Morgan fingerprint density at radius 1 is 1.85 bits per heavy atom. The molecule has 0 fully saturated rings. The molecule has 13 heavy (non-hydrogen) atoms. The first-order valence-electron chi connectivity index (χ1n) is 3.18. The number of carbonyl (C=O) groups is 2. The van der Waals surface area contributed by atoms with Crippen molar-refractivity contribution >= 4 is 44.8 Å². The molecule has 0 saturated carbocycles. The molecule has 0 bridgehead atoms. The number of nitrogens with zero attached hydrogens (tertiary/aromatic N) is 1. The Morgan fingerprint density at radius 2 is 2.54 bits per heavy atom. The number of aromatic nitrogens is 1. The number of thiazole rings is 1. The highest BCUT2D eigenvalue weighted by Crippen LogP contribution is 2.28. The summed E-state index contributed by atoms with van der Waals surface area (Å²) < 4.78 is 0. The van der Waals surface area contributed by atoms with Gasteiger partial charge in [-0.05, 0) is 0 Å². The fourth-order valence-electron chi connectivity index (χ4n) is 0.630. The van der Waals surface area contributed by atoms with Crippen LogP contribution in [0.4, 0.5) is 9.93 Å². The second kappa shape index (κ2) is 4.33. The van der Waals surface area contributed by atoms with Crippen molar-refractivity contribution in [2.75, 3.05) is 5.32 Å². The van der Waals surface area contributed by atoms with Crippen LogP contribution in [0.25, 0.3) is 0 Å². The lowest BCUT2D eigenvalue weighted by Crippen LogP contribution is -2.06. The molecule has 1 heterocycles. The Kier molecular flexibility index (Phi) is 3.38. The van der Waals surface area contributed by atoms with Crippen molar-refractivity contribution in [3.8, 4) is 0 Å². The maximum atomic E-state index is 10.3. The van der Waals surface area contributed by atoms with E-state index in [0.717, 1.165) is 11.3 Å². The molecule has 70 valence electrons. The van der Waals surface area contributed by atoms with Crippen molar-refractivity contribution in [1.82, 2.24) is 4.98 Å². The number of carbonyl (C=O) groups excluding carboxylic acids is 1. The molecule has 7 heteroatoms. The highest BCUT2D eigenvalue weighted by molar-refractivity contribution is 9.09. The lowest BCUT2D eigenvalue weighted by molar-refractivity contribution is -0.107. The van der Waals surface area contributed by atoms with E-state index in [1.807, 2.05) is 0 Å². The molecular weight excluding hydrogens is 260 g/mol. The second-order valence-corrected chi connectivity index (χ2v) is 4.08.